The molecule has 0 bridgehead atoms. The van der Waals surface area contributed by atoms with E-state index in [0.29, 0.717) is 19.5 Å². The maximum absolute atomic E-state index is 12.6. The molecule has 0 aromatic carbocycles. The fourth-order valence-electron chi connectivity index (χ4n) is 2.69. The van der Waals surface area contributed by atoms with Crippen LogP contribution in [0.2, 0.25) is 0 Å². The number of nitrogens with zero attached hydrogens (tertiary/aromatic N) is 4. The first kappa shape index (κ1) is 17.0. The molecule has 7 heteroatoms. The number of amides is 1. The zero-order valence-electron chi connectivity index (χ0n) is 14.5. The van der Waals surface area contributed by atoms with Gasteiger partial charge in [-0.05, 0) is 12.1 Å². The quantitative estimate of drug-likeness (QED) is 0.899. The molecule has 0 spiro atoms. The summed E-state index contributed by atoms with van der Waals surface area (Å²) < 4.78 is 0. The van der Waals surface area contributed by atoms with E-state index >= 15 is 0 Å². The fourth-order valence-corrected chi connectivity index (χ4v) is 2.69. The number of carbonyl (C=O) groups is 2. The van der Waals surface area contributed by atoms with E-state index in [0.717, 1.165) is 17.1 Å². The smallest absolute Gasteiger partial charge is 0.335 e. The summed E-state index contributed by atoms with van der Waals surface area (Å²) >= 11 is 0. The zero-order valence-corrected chi connectivity index (χ0v) is 14.5. The third-order valence-electron chi connectivity index (χ3n) is 4.12. The Labute approximate surface area is 145 Å². The van der Waals surface area contributed by atoms with E-state index in [1.807, 2.05) is 0 Å². The highest BCUT2D eigenvalue weighted by atomic mass is 16.4. The molecule has 1 N–H and O–H groups in total. The molecule has 25 heavy (non-hydrogen) atoms. The summed E-state index contributed by atoms with van der Waals surface area (Å²) in [5.74, 6) is -0.570. The van der Waals surface area contributed by atoms with Crippen LogP contribution >= 0.6 is 0 Å². The number of carboxylic acid groups (broad SMARTS) is 1. The van der Waals surface area contributed by atoms with Crippen LogP contribution in [0.15, 0.2) is 24.5 Å². The van der Waals surface area contributed by atoms with Gasteiger partial charge in [-0.1, -0.05) is 20.8 Å². The van der Waals surface area contributed by atoms with Crippen LogP contribution in [0.25, 0.3) is 0 Å². The Kier molecular flexibility index (Phi) is 4.24. The predicted octanol–water partition coefficient (Wildman–Crippen LogP) is 2.07. The zero-order chi connectivity index (χ0) is 18.2. The molecule has 1 amide bonds. The molecule has 130 valence electrons. The third-order valence-corrected chi connectivity index (χ3v) is 4.12. The monoisotopic (exact) mass is 340 g/mol. The van der Waals surface area contributed by atoms with Crippen LogP contribution < -0.4 is 0 Å². The second-order valence-corrected chi connectivity index (χ2v) is 7.13. The standard InChI is InChI=1S/C18H20N4O3/c1-18(2,3)17-20-9-12-10-22(7-5-13(12)21-17)15(23)14-8-11(16(24)25)4-6-19-14/h4,6,8-9H,5,7,10H2,1-3H3,(H,24,25). The molecule has 2 aromatic heterocycles. The maximum Gasteiger partial charge on any atom is 0.335 e. The Morgan fingerprint density at radius 1 is 1.24 bits per heavy atom. The number of hydrogen-bond donors (Lipinski definition) is 1. The molecule has 1 aliphatic heterocycles. The van der Waals surface area contributed by atoms with Crippen molar-refractivity contribution < 1.29 is 14.7 Å². The number of aromatic nitrogens is 3. The summed E-state index contributed by atoms with van der Waals surface area (Å²) in [5.41, 5.74) is 1.95. The van der Waals surface area contributed by atoms with Crippen molar-refractivity contribution in [1.29, 1.82) is 0 Å². The fraction of sp³-hybridized carbons (Fsp3) is 0.389. The molecule has 0 unspecified atom stereocenters. The minimum atomic E-state index is -1.08. The number of aromatic carboxylic acids is 1. The van der Waals surface area contributed by atoms with Crippen molar-refractivity contribution >= 4 is 11.9 Å². The van der Waals surface area contributed by atoms with Gasteiger partial charge in [0.15, 0.2) is 0 Å². The molecule has 0 saturated carbocycles. The summed E-state index contributed by atoms with van der Waals surface area (Å²) in [6.45, 7) is 7.11. The van der Waals surface area contributed by atoms with Crippen molar-refractivity contribution in [3.63, 3.8) is 0 Å². The lowest BCUT2D eigenvalue weighted by molar-refractivity contribution is 0.0696. The average molecular weight is 340 g/mol. The second-order valence-electron chi connectivity index (χ2n) is 7.13. The highest BCUT2D eigenvalue weighted by molar-refractivity contribution is 5.95. The predicted molar refractivity (Wildman–Crippen MR) is 90.4 cm³/mol. The highest BCUT2D eigenvalue weighted by Crippen LogP contribution is 2.23. The summed E-state index contributed by atoms with van der Waals surface area (Å²) in [5, 5.41) is 9.05. The van der Waals surface area contributed by atoms with Crippen LogP contribution in [-0.4, -0.2) is 43.4 Å². The van der Waals surface area contributed by atoms with E-state index in [4.69, 9.17) is 5.11 Å². The molecule has 1 aliphatic rings. The van der Waals surface area contributed by atoms with Gasteiger partial charge in [0.25, 0.3) is 5.91 Å². The van der Waals surface area contributed by atoms with Crippen LogP contribution in [0.5, 0.6) is 0 Å². The van der Waals surface area contributed by atoms with Gasteiger partial charge < -0.3 is 10.0 Å². The van der Waals surface area contributed by atoms with Gasteiger partial charge in [-0.3, -0.25) is 9.78 Å². The Balaban J connectivity index is 1.82. The van der Waals surface area contributed by atoms with Crippen molar-refractivity contribution in [2.45, 2.75) is 39.2 Å². The largest absolute Gasteiger partial charge is 0.478 e. The van der Waals surface area contributed by atoms with Crippen molar-refractivity contribution in [3.05, 3.63) is 52.9 Å². The highest BCUT2D eigenvalue weighted by Gasteiger charge is 2.26. The van der Waals surface area contributed by atoms with Crippen molar-refractivity contribution in [1.82, 2.24) is 19.9 Å². The second kappa shape index (κ2) is 6.23. The molecule has 0 aliphatic carbocycles. The van der Waals surface area contributed by atoms with Crippen molar-refractivity contribution in [2.24, 2.45) is 0 Å². The Morgan fingerprint density at radius 3 is 2.68 bits per heavy atom. The van der Waals surface area contributed by atoms with E-state index in [1.54, 1.807) is 11.1 Å². The molecular weight excluding hydrogens is 320 g/mol. The normalized spacial score (nSPS) is 14.1. The minimum Gasteiger partial charge on any atom is -0.478 e. The minimum absolute atomic E-state index is 0.0499. The lowest BCUT2D eigenvalue weighted by Gasteiger charge is -2.29. The van der Waals surface area contributed by atoms with Gasteiger partial charge in [0.2, 0.25) is 0 Å². The number of carboxylic acids is 1. The van der Waals surface area contributed by atoms with Crippen molar-refractivity contribution in [3.8, 4) is 0 Å². The summed E-state index contributed by atoms with van der Waals surface area (Å²) in [7, 11) is 0. The molecule has 0 fully saturated rings. The first-order valence-corrected chi connectivity index (χ1v) is 8.09. The Hall–Kier alpha value is -2.83. The van der Waals surface area contributed by atoms with E-state index in [1.165, 1.54) is 18.3 Å². The van der Waals surface area contributed by atoms with Gasteiger partial charge in [0, 0.05) is 42.9 Å². The molecule has 7 nitrogen and oxygen atoms in total. The number of rotatable bonds is 2. The molecule has 3 heterocycles. The van der Waals surface area contributed by atoms with Gasteiger partial charge in [-0.15, -0.1) is 0 Å². The topological polar surface area (TPSA) is 96.3 Å². The maximum atomic E-state index is 12.6. The number of pyridine rings is 1. The van der Waals surface area contributed by atoms with E-state index in [-0.39, 0.29) is 22.6 Å². The van der Waals surface area contributed by atoms with Crippen LogP contribution in [0.3, 0.4) is 0 Å². The van der Waals surface area contributed by atoms with Crippen LogP contribution in [-0.2, 0) is 18.4 Å². The van der Waals surface area contributed by atoms with E-state index in [9.17, 15) is 9.59 Å². The van der Waals surface area contributed by atoms with Crippen LogP contribution in [0.1, 0.15) is 58.7 Å². The first-order valence-electron chi connectivity index (χ1n) is 8.09. The van der Waals surface area contributed by atoms with Gasteiger partial charge >= 0.3 is 5.97 Å². The van der Waals surface area contributed by atoms with Gasteiger partial charge in [-0.25, -0.2) is 14.8 Å². The van der Waals surface area contributed by atoms with Crippen molar-refractivity contribution in [2.75, 3.05) is 6.54 Å². The Bertz CT molecular complexity index is 842. The number of carbonyl (C=O) groups excluding carboxylic acids is 1. The summed E-state index contributed by atoms with van der Waals surface area (Å²) in [6, 6.07) is 2.67. The molecule has 0 radical (unpaired) electrons. The molecule has 0 saturated heterocycles. The third kappa shape index (κ3) is 3.50. The van der Waals surface area contributed by atoms with Gasteiger partial charge in [0.05, 0.1) is 11.3 Å². The van der Waals surface area contributed by atoms with Gasteiger partial charge in [0.1, 0.15) is 11.5 Å². The number of fused-ring (bicyclic) bond motifs is 1. The average Bonchev–Trinajstić information content (AvgIpc) is 2.59. The van der Waals surface area contributed by atoms with E-state index in [2.05, 4.69) is 35.7 Å². The molecule has 0 atom stereocenters. The number of hydrogen-bond acceptors (Lipinski definition) is 5. The lowest BCUT2D eigenvalue weighted by atomic mass is 9.95. The summed E-state index contributed by atoms with van der Waals surface area (Å²) in [6.07, 6.45) is 3.77. The Morgan fingerprint density at radius 2 is 2.00 bits per heavy atom. The van der Waals surface area contributed by atoms with Crippen LogP contribution in [0.4, 0.5) is 0 Å². The first-order chi connectivity index (χ1) is 11.8. The van der Waals surface area contributed by atoms with E-state index < -0.39 is 5.97 Å². The van der Waals surface area contributed by atoms with Gasteiger partial charge in [-0.2, -0.15) is 0 Å². The summed E-state index contributed by atoms with van der Waals surface area (Å²) in [4.78, 5) is 38.4. The molecule has 2 aromatic rings. The molecular formula is C18H20N4O3. The molecule has 3 rings (SSSR count). The van der Waals surface area contributed by atoms with Crippen LogP contribution in [0, 0.1) is 0 Å². The SMILES string of the molecule is CC(C)(C)c1ncc2c(n1)CCN(C(=O)c1cc(C(=O)O)ccn1)C2. The lowest BCUT2D eigenvalue weighted by Crippen LogP contribution is -2.37.